The van der Waals surface area contributed by atoms with Crippen molar-refractivity contribution in [2.75, 3.05) is 19.6 Å². The highest BCUT2D eigenvalue weighted by Crippen LogP contribution is 2.25. The summed E-state index contributed by atoms with van der Waals surface area (Å²) in [5, 5.41) is 4.27. The van der Waals surface area contributed by atoms with Gasteiger partial charge in [0.1, 0.15) is 0 Å². The first-order chi connectivity index (χ1) is 10.1. The molecule has 1 unspecified atom stereocenters. The molecule has 2 fully saturated rings. The van der Waals surface area contributed by atoms with E-state index in [2.05, 4.69) is 33.2 Å². The molecule has 0 aliphatic carbocycles. The lowest BCUT2D eigenvalue weighted by atomic mass is 10.0. The first-order valence-electron chi connectivity index (χ1n) is 7.98. The van der Waals surface area contributed by atoms with Gasteiger partial charge in [0.2, 0.25) is 5.91 Å². The third kappa shape index (κ3) is 3.26. The molecule has 3 rings (SSSR count). The van der Waals surface area contributed by atoms with E-state index < -0.39 is 0 Å². The summed E-state index contributed by atoms with van der Waals surface area (Å²) in [4.78, 5) is 17.8. The Morgan fingerprint density at radius 2 is 2.19 bits per heavy atom. The lowest BCUT2D eigenvalue weighted by molar-refractivity contribution is -0.130. The van der Waals surface area contributed by atoms with Gasteiger partial charge in [0.05, 0.1) is 10.6 Å². The van der Waals surface area contributed by atoms with Gasteiger partial charge < -0.3 is 4.90 Å². The number of hydrogen-bond acceptors (Lipinski definition) is 5. The fourth-order valence-corrected chi connectivity index (χ4v) is 4.29. The number of nitrogens with zero attached hydrogens (tertiary/aromatic N) is 4. The Labute approximate surface area is 130 Å². The van der Waals surface area contributed by atoms with E-state index >= 15 is 0 Å². The second kappa shape index (κ2) is 6.40. The molecule has 21 heavy (non-hydrogen) atoms. The van der Waals surface area contributed by atoms with Crippen molar-refractivity contribution in [1.29, 1.82) is 0 Å². The number of carbonyl (C=O) groups excluding carboxylic acids is 1. The number of carbonyl (C=O) groups is 1. The van der Waals surface area contributed by atoms with Crippen LogP contribution in [0.25, 0.3) is 0 Å². The molecule has 0 bridgehead atoms. The normalized spacial score (nSPS) is 24.2. The van der Waals surface area contributed by atoms with Gasteiger partial charge in [-0.2, -0.15) is 0 Å². The number of piperidine rings is 1. The van der Waals surface area contributed by atoms with Gasteiger partial charge in [0, 0.05) is 32.1 Å². The Morgan fingerprint density at radius 3 is 2.90 bits per heavy atom. The molecule has 3 heterocycles. The Bertz CT molecular complexity index is 502. The van der Waals surface area contributed by atoms with E-state index in [1.54, 1.807) is 0 Å². The molecule has 2 saturated heterocycles. The quantitative estimate of drug-likeness (QED) is 0.856. The van der Waals surface area contributed by atoms with Crippen molar-refractivity contribution < 1.29 is 4.79 Å². The molecule has 0 spiro atoms. The molecule has 1 aromatic heterocycles. The lowest BCUT2D eigenvalue weighted by Gasteiger charge is -2.37. The molecule has 0 aromatic carbocycles. The Balaban J connectivity index is 1.63. The standard InChI is InChI=1S/C15H24N4OS/c1-11(2)15-13(21-17-16-15)10-18-7-3-5-12(9-18)19-8-4-6-14(19)20/h11-12H,3-10H2,1-2H3. The zero-order valence-electron chi connectivity index (χ0n) is 12.9. The number of likely N-dealkylation sites (tertiary alicyclic amines) is 2. The van der Waals surface area contributed by atoms with E-state index in [0.29, 0.717) is 17.9 Å². The molecule has 1 aromatic rings. The summed E-state index contributed by atoms with van der Waals surface area (Å²) in [6.07, 6.45) is 4.11. The van der Waals surface area contributed by atoms with Gasteiger partial charge in [0.15, 0.2) is 0 Å². The molecule has 1 amide bonds. The lowest BCUT2D eigenvalue weighted by Crippen LogP contribution is -2.48. The Hall–Kier alpha value is -1.01. The molecule has 2 aliphatic heterocycles. The molecule has 6 heteroatoms. The number of hydrogen-bond donors (Lipinski definition) is 0. The van der Waals surface area contributed by atoms with Crippen LogP contribution < -0.4 is 0 Å². The Kier molecular flexibility index (Phi) is 4.54. The van der Waals surface area contributed by atoms with Crippen molar-refractivity contribution in [1.82, 2.24) is 19.4 Å². The third-order valence-electron chi connectivity index (χ3n) is 4.53. The van der Waals surface area contributed by atoms with Crippen molar-refractivity contribution in [2.45, 2.75) is 58.0 Å². The van der Waals surface area contributed by atoms with Crippen molar-refractivity contribution in [3.63, 3.8) is 0 Å². The molecule has 5 nitrogen and oxygen atoms in total. The average molecular weight is 308 g/mol. The molecular formula is C15H24N4OS. The monoisotopic (exact) mass is 308 g/mol. The van der Waals surface area contributed by atoms with Crippen LogP contribution >= 0.6 is 11.5 Å². The largest absolute Gasteiger partial charge is 0.338 e. The third-order valence-corrected chi connectivity index (χ3v) is 5.25. The zero-order chi connectivity index (χ0) is 14.8. The topological polar surface area (TPSA) is 49.3 Å². The van der Waals surface area contributed by atoms with E-state index in [4.69, 9.17) is 0 Å². The smallest absolute Gasteiger partial charge is 0.222 e. The van der Waals surface area contributed by atoms with Crippen LogP contribution in [-0.4, -0.2) is 51.0 Å². The fourth-order valence-electron chi connectivity index (χ4n) is 3.45. The summed E-state index contributed by atoms with van der Waals surface area (Å²) in [5.74, 6) is 0.781. The second-order valence-electron chi connectivity index (χ2n) is 6.46. The predicted molar refractivity (Wildman–Crippen MR) is 83.2 cm³/mol. The average Bonchev–Trinajstić information content (AvgIpc) is 3.08. The SMILES string of the molecule is CC(C)c1nnsc1CN1CCCC(N2CCCC2=O)C1. The molecule has 0 N–H and O–H groups in total. The van der Waals surface area contributed by atoms with Gasteiger partial charge >= 0.3 is 0 Å². The zero-order valence-corrected chi connectivity index (χ0v) is 13.7. The number of amides is 1. The van der Waals surface area contributed by atoms with Crippen molar-refractivity contribution in [3.05, 3.63) is 10.6 Å². The summed E-state index contributed by atoms with van der Waals surface area (Å²) in [5.41, 5.74) is 1.14. The van der Waals surface area contributed by atoms with Gasteiger partial charge in [-0.15, -0.1) is 5.10 Å². The maximum Gasteiger partial charge on any atom is 0.222 e. The van der Waals surface area contributed by atoms with Crippen LogP contribution in [0.1, 0.15) is 56.0 Å². The summed E-state index contributed by atoms with van der Waals surface area (Å²) < 4.78 is 4.12. The van der Waals surface area contributed by atoms with Crippen LogP contribution in [0.15, 0.2) is 0 Å². The minimum Gasteiger partial charge on any atom is -0.338 e. The minimum absolute atomic E-state index is 0.351. The van der Waals surface area contributed by atoms with Crippen LogP contribution in [0.2, 0.25) is 0 Å². The van der Waals surface area contributed by atoms with Gasteiger partial charge in [-0.05, 0) is 43.3 Å². The molecule has 0 saturated carbocycles. The maximum absolute atomic E-state index is 11.9. The molecule has 2 aliphatic rings. The van der Waals surface area contributed by atoms with Crippen molar-refractivity contribution in [3.8, 4) is 0 Å². The van der Waals surface area contributed by atoms with E-state index in [9.17, 15) is 4.79 Å². The first-order valence-corrected chi connectivity index (χ1v) is 8.75. The molecule has 116 valence electrons. The highest BCUT2D eigenvalue weighted by atomic mass is 32.1. The van der Waals surface area contributed by atoms with Crippen LogP contribution in [0, 0.1) is 0 Å². The van der Waals surface area contributed by atoms with Gasteiger partial charge in [-0.3, -0.25) is 9.69 Å². The van der Waals surface area contributed by atoms with E-state index in [-0.39, 0.29) is 0 Å². The number of aromatic nitrogens is 2. The van der Waals surface area contributed by atoms with Crippen LogP contribution in [0.3, 0.4) is 0 Å². The fraction of sp³-hybridized carbons (Fsp3) is 0.800. The van der Waals surface area contributed by atoms with E-state index in [0.717, 1.165) is 51.1 Å². The molecule has 0 radical (unpaired) electrons. The summed E-state index contributed by atoms with van der Waals surface area (Å²) in [6.45, 7) is 8.35. The second-order valence-corrected chi connectivity index (χ2v) is 7.30. The van der Waals surface area contributed by atoms with Gasteiger partial charge in [-0.1, -0.05) is 18.3 Å². The first kappa shape index (κ1) is 14.9. The van der Waals surface area contributed by atoms with Crippen LogP contribution in [0.4, 0.5) is 0 Å². The van der Waals surface area contributed by atoms with E-state index in [1.807, 2.05) is 0 Å². The molecule has 1 atom stereocenters. The predicted octanol–water partition coefficient (Wildman–Crippen LogP) is 2.25. The van der Waals surface area contributed by atoms with Crippen LogP contribution in [-0.2, 0) is 11.3 Å². The highest BCUT2D eigenvalue weighted by molar-refractivity contribution is 7.05. The van der Waals surface area contributed by atoms with Gasteiger partial charge in [0.25, 0.3) is 0 Å². The molecular weight excluding hydrogens is 284 g/mol. The van der Waals surface area contributed by atoms with Crippen LogP contribution in [0.5, 0.6) is 0 Å². The van der Waals surface area contributed by atoms with E-state index in [1.165, 1.54) is 22.8 Å². The Morgan fingerprint density at radius 1 is 1.33 bits per heavy atom. The maximum atomic E-state index is 11.9. The van der Waals surface area contributed by atoms with Gasteiger partial charge in [-0.25, -0.2) is 0 Å². The summed E-state index contributed by atoms with van der Waals surface area (Å²) in [7, 11) is 0. The van der Waals surface area contributed by atoms with Crippen molar-refractivity contribution in [2.24, 2.45) is 0 Å². The summed E-state index contributed by atoms with van der Waals surface area (Å²) in [6, 6.07) is 0.414. The number of rotatable bonds is 4. The van der Waals surface area contributed by atoms with Crippen molar-refractivity contribution >= 4 is 17.4 Å². The highest BCUT2D eigenvalue weighted by Gasteiger charge is 2.31. The summed E-state index contributed by atoms with van der Waals surface area (Å²) >= 11 is 1.52. The minimum atomic E-state index is 0.351.